The number of ether oxygens (including phenoxy) is 2. The summed E-state index contributed by atoms with van der Waals surface area (Å²) in [5.41, 5.74) is 0.477. The van der Waals surface area contributed by atoms with Gasteiger partial charge in [-0.05, 0) is 11.8 Å². The van der Waals surface area contributed by atoms with Crippen LogP contribution in [-0.4, -0.2) is 25.7 Å². The monoisotopic (exact) mass is 282 g/mol. The minimum absolute atomic E-state index is 0.0189. The standard InChI is InChI=1S/C14H22N2O4/c1-6-14(2,3)9-15-10-7-12(19-4)13(20-5)8-11(10)16(17)18/h7-8,15H,6,9H2,1-5H3. The Morgan fingerprint density at radius 1 is 1.25 bits per heavy atom. The molecule has 0 aliphatic heterocycles. The molecule has 6 heteroatoms. The number of anilines is 1. The lowest BCUT2D eigenvalue weighted by Gasteiger charge is -2.23. The van der Waals surface area contributed by atoms with Crippen LogP contribution in [0.4, 0.5) is 11.4 Å². The van der Waals surface area contributed by atoms with Crippen molar-refractivity contribution in [2.75, 3.05) is 26.1 Å². The van der Waals surface area contributed by atoms with E-state index in [9.17, 15) is 10.1 Å². The minimum atomic E-state index is -0.427. The zero-order valence-corrected chi connectivity index (χ0v) is 12.6. The van der Waals surface area contributed by atoms with Crippen molar-refractivity contribution < 1.29 is 14.4 Å². The van der Waals surface area contributed by atoms with Gasteiger partial charge in [-0.15, -0.1) is 0 Å². The molecular formula is C14H22N2O4. The van der Waals surface area contributed by atoms with Crippen LogP contribution in [0.1, 0.15) is 27.2 Å². The molecule has 0 aliphatic carbocycles. The third kappa shape index (κ3) is 3.76. The fraction of sp³-hybridized carbons (Fsp3) is 0.571. The Labute approximate surface area is 119 Å². The quantitative estimate of drug-likeness (QED) is 0.612. The molecular weight excluding hydrogens is 260 g/mol. The lowest BCUT2D eigenvalue weighted by molar-refractivity contribution is -0.384. The number of nitrogens with zero attached hydrogens (tertiary/aromatic N) is 1. The van der Waals surface area contributed by atoms with Crippen molar-refractivity contribution in [1.82, 2.24) is 0 Å². The summed E-state index contributed by atoms with van der Waals surface area (Å²) in [6, 6.07) is 2.98. The summed E-state index contributed by atoms with van der Waals surface area (Å²) in [5, 5.41) is 14.3. The third-order valence-electron chi connectivity index (χ3n) is 3.41. The molecule has 0 unspecified atom stereocenters. The molecule has 1 rings (SSSR count). The first-order chi connectivity index (χ1) is 9.34. The van der Waals surface area contributed by atoms with E-state index in [1.165, 1.54) is 20.3 Å². The van der Waals surface area contributed by atoms with E-state index < -0.39 is 4.92 Å². The minimum Gasteiger partial charge on any atom is -0.493 e. The van der Waals surface area contributed by atoms with Crippen LogP contribution in [-0.2, 0) is 0 Å². The third-order valence-corrected chi connectivity index (χ3v) is 3.41. The highest BCUT2D eigenvalue weighted by molar-refractivity contribution is 5.68. The van der Waals surface area contributed by atoms with E-state index >= 15 is 0 Å². The van der Waals surface area contributed by atoms with Crippen LogP contribution in [0.25, 0.3) is 0 Å². The lowest BCUT2D eigenvalue weighted by Crippen LogP contribution is -2.22. The van der Waals surface area contributed by atoms with Gasteiger partial charge in [0.15, 0.2) is 11.5 Å². The van der Waals surface area contributed by atoms with Crippen molar-refractivity contribution in [3.8, 4) is 11.5 Å². The van der Waals surface area contributed by atoms with Crippen molar-refractivity contribution in [3.05, 3.63) is 22.2 Å². The fourth-order valence-corrected chi connectivity index (χ4v) is 1.62. The molecule has 0 saturated carbocycles. The Hall–Kier alpha value is -1.98. The fourth-order valence-electron chi connectivity index (χ4n) is 1.62. The highest BCUT2D eigenvalue weighted by atomic mass is 16.6. The van der Waals surface area contributed by atoms with Crippen molar-refractivity contribution in [1.29, 1.82) is 0 Å². The molecule has 0 aliphatic rings. The Balaban J connectivity index is 3.13. The first kappa shape index (κ1) is 16.1. The summed E-state index contributed by atoms with van der Waals surface area (Å²) in [6.07, 6.45) is 0.973. The molecule has 0 radical (unpaired) electrons. The van der Waals surface area contributed by atoms with Crippen molar-refractivity contribution >= 4 is 11.4 Å². The molecule has 0 atom stereocenters. The number of rotatable bonds is 7. The number of hydrogen-bond donors (Lipinski definition) is 1. The number of nitrogens with one attached hydrogen (secondary N) is 1. The van der Waals surface area contributed by atoms with E-state index in [4.69, 9.17) is 9.47 Å². The van der Waals surface area contributed by atoms with Crippen LogP contribution in [0, 0.1) is 15.5 Å². The van der Waals surface area contributed by atoms with Crippen LogP contribution in [0.3, 0.4) is 0 Å². The molecule has 0 spiro atoms. The zero-order chi connectivity index (χ0) is 15.3. The maximum atomic E-state index is 11.2. The lowest BCUT2D eigenvalue weighted by atomic mass is 9.90. The van der Waals surface area contributed by atoms with Crippen molar-refractivity contribution in [2.45, 2.75) is 27.2 Å². The maximum absolute atomic E-state index is 11.2. The summed E-state index contributed by atoms with van der Waals surface area (Å²) in [5.74, 6) is 0.814. The molecule has 6 nitrogen and oxygen atoms in total. The molecule has 1 N–H and O–H groups in total. The van der Waals surface area contributed by atoms with E-state index in [-0.39, 0.29) is 11.1 Å². The summed E-state index contributed by atoms with van der Waals surface area (Å²) in [7, 11) is 2.96. The number of nitro benzene ring substituents is 1. The second kappa shape index (κ2) is 6.45. The Kier molecular flexibility index (Phi) is 5.19. The molecule has 20 heavy (non-hydrogen) atoms. The van der Waals surface area contributed by atoms with Crippen LogP contribution < -0.4 is 14.8 Å². The van der Waals surface area contributed by atoms with Crippen molar-refractivity contribution in [3.63, 3.8) is 0 Å². The highest BCUT2D eigenvalue weighted by Crippen LogP contribution is 2.38. The number of hydrogen-bond acceptors (Lipinski definition) is 5. The zero-order valence-electron chi connectivity index (χ0n) is 12.6. The normalized spacial score (nSPS) is 11.1. The topological polar surface area (TPSA) is 73.6 Å². The first-order valence-electron chi connectivity index (χ1n) is 6.49. The van der Waals surface area contributed by atoms with Crippen LogP contribution in [0.2, 0.25) is 0 Å². The second-order valence-corrected chi connectivity index (χ2v) is 5.35. The summed E-state index contributed by atoms with van der Waals surface area (Å²) in [6.45, 7) is 6.93. The number of methoxy groups -OCH3 is 2. The molecule has 0 aromatic heterocycles. The molecule has 112 valence electrons. The van der Waals surface area contributed by atoms with Gasteiger partial charge in [0.25, 0.3) is 5.69 Å². The van der Waals surface area contributed by atoms with E-state index in [0.29, 0.717) is 23.7 Å². The molecule has 0 heterocycles. The van der Waals surface area contributed by atoms with Crippen LogP contribution in [0.15, 0.2) is 12.1 Å². The predicted molar refractivity (Wildman–Crippen MR) is 78.8 cm³/mol. The van der Waals surface area contributed by atoms with E-state index in [2.05, 4.69) is 26.1 Å². The SMILES string of the molecule is CCC(C)(C)CNc1cc(OC)c(OC)cc1[N+](=O)[O-]. The van der Waals surface area contributed by atoms with Gasteiger partial charge in [0.1, 0.15) is 5.69 Å². The summed E-state index contributed by atoms with van der Waals surface area (Å²) < 4.78 is 10.3. The van der Waals surface area contributed by atoms with E-state index in [0.717, 1.165) is 6.42 Å². The van der Waals surface area contributed by atoms with Gasteiger partial charge >= 0.3 is 0 Å². The summed E-state index contributed by atoms with van der Waals surface area (Å²) >= 11 is 0. The number of benzene rings is 1. The van der Waals surface area contributed by atoms with Gasteiger partial charge in [-0.25, -0.2) is 0 Å². The average Bonchev–Trinajstić information content (AvgIpc) is 2.43. The van der Waals surface area contributed by atoms with Gasteiger partial charge in [0, 0.05) is 12.6 Å². The van der Waals surface area contributed by atoms with E-state index in [1.807, 2.05) is 0 Å². The highest BCUT2D eigenvalue weighted by Gasteiger charge is 2.22. The molecule has 0 amide bonds. The van der Waals surface area contributed by atoms with Gasteiger partial charge in [-0.1, -0.05) is 20.8 Å². The largest absolute Gasteiger partial charge is 0.493 e. The van der Waals surface area contributed by atoms with E-state index in [1.54, 1.807) is 6.07 Å². The smallest absolute Gasteiger partial charge is 0.296 e. The Morgan fingerprint density at radius 3 is 2.25 bits per heavy atom. The molecule has 1 aromatic rings. The molecule has 0 saturated heterocycles. The maximum Gasteiger partial charge on any atom is 0.296 e. The van der Waals surface area contributed by atoms with Gasteiger partial charge in [-0.3, -0.25) is 10.1 Å². The Morgan fingerprint density at radius 2 is 1.80 bits per heavy atom. The van der Waals surface area contributed by atoms with Gasteiger partial charge in [-0.2, -0.15) is 0 Å². The Bertz CT molecular complexity index is 486. The van der Waals surface area contributed by atoms with Gasteiger partial charge in [0.05, 0.1) is 25.2 Å². The number of nitro groups is 1. The van der Waals surface area contributed by atoms with Crippen LogP contribution in [0.5, 0.6) is 11.5 Å². The van der Waals surface area contributed by atoms with Gasteiger partial charge < -0.3 is 14.8 Å². The van der Waals surface area contributed by atoms with Crippen LogP contribution >= 0.6 is 0 Å². The summed E-state index contributed by atoms with van der Waals surface area (Å²) in [4.78, 5) is 10.7. The molecule has 0 fully saturated rings. The molecule has 0 bridgehead atoms. The first-order valence-corrected chi connectivity index (χ1v) is 6.49. The van der Waals surface area contributed by atoms with Gasteiger partial charge in [0.2, 0.25) is 0 Å². The predicted octanol–water partition coefficient (Wildman–Crippen LogP) is 3.46. The second-order valence-electron chi connectivity index (χ2n) is 5.35. The molecule has 1 aromatic carbocycles. The average molecular weight is 282 g/mol. The van der Waals surface area contributed by atoms with Crippen molar-refractivity contribution in [2.24, 2.45) is 5.41 Å².